The minimum Gasteiger partial charge on any atom is -0.357 e. The summed E-state index contributed by atoms with van der Waals surface area (Å²) in [6, 6.07) is 16.8. The summed E-state index contributed by atoms with van der Waals surface area (Å²) in [5.41, 5.74) is 2.36. The van der Waals surface area contributed by atoms with E-state index in [-0.39, 0.29) is 5.75 Å². The molecule has 140 valence electrons. The van der Waals surface area contributed by atoms with Crippen molar-refractivity contribution in [3.05, 3.63) is 65.7 Å². The van der Waals surface area contributed by atoms with Gasteiger partial charge in [0.1, 0.15) is 0 Å². The van der Waals surface area contributed by atoms with E-state index < -0.39 is 9.84 Å². The van der Waals surface area contributed by atoms with E-state index in [0.717, 1.165) is 12.1 Å². The van der Waals surface area contributed by atoms with Gasteiger partial charge in [-0.1, -0.05) is 48.0 Å². The fourth-order valence-electron chi connectivity index (χ4n) is 2.42. The Morgan fingerprint density at radius 2 is 1.69 bits per heavy atom. The molecule has 0 bridgehead atoms. The minimum atomic E-state index is -3.23. The van der Waals surface area contributed by atoms with Crippen LogP contribution in [0.25, 0.3) is 0 Å². The van der Waals surface area contributed by atoms with Crippen LogP contribution in [0.3, 0.4) is 0 Å². The van der Waals surface area contributed by atoms with Gasteiger partial charge in [0.05, 0.1) is 17.2 Å². The van der Waals surface area contributed by atoms with Gasteiger partial charge in [0.2, 0.25) is 0 Å². The summed E-state index contributed by atoms with van der Waals surface area (Å²) in [5, 5.41) is 6.38. The average Bonchev–Trinajstić information content (AvgIpc) is 2.65. The van der Waals surface area contributed by atoms with Gasteiger partial charge in [-0.2, -0.15) is 0 Å². The van der Waals surface area contributed by atoms with Gasteiger partial charge in [0, 0.05) is 13.1 Å². The van der Waals surface area contributed by atoms with E-state index in [4.69, 9.17) is 0 Å². The van der Waals surface area contributed by atoms with E-state index in [1.807, 2.05) is 13.0 Å². The third-order valence-electron chi connectivity index (χ3n) is 3.87. The van der Waals surface area contributed by atoms with Crippen molar-refractivity contribution in [3.8, 4) is 0 Å². The quantitative estimate of drug-likeness (QED) is 0.424. The number of aryl methyl sites for hydroxylation is 1. The monoisotopic (exact) mass is 373 g/mol. The summed E-state index contributed by atoms with van der Waals surface area (Å²) < 4.78 is 24.5. The second kappa shape index (κ2) is 9.97. The fraction of sp³-hybridized carbons (Fsp3) is 0.350. The first kappa shape index (κ1) is 20.0. The summed E-state index contributed by atoms with van der Waals surface area (Å²) in [4.78, 5) is 4.93. The van der Waals surface area contributed by atoms with E-state index in [1.54, 1.807) is 24.3 Å². The molecule has 2 aromatic rings. The highest BCUT2D eigenvalue weighted by Crippen LogP contribution is 2.10. The van der Waals surface area contributed by atoms with Gasteiger partial charge in [-0.15, -0.1) is 0 Å². The summed E-state index contributed by atoms with van der Waals surface area (Å²) in [6.45, 7) is 5.94. The van der Waals surface area contributed by atoms with Crippen molar-refractivity contribution in [2.75, 3.05) is 18.8 Å². The molecule has 0 aromatic heterocycles. The summed E-state index contributed by atoms with van der Waals surface area (Å²) in [7, 11) is -3.23. The first-order valence-corrected chi connectivity index (χ1v) is 10.5. The van der Waals surface area contributed by atoms with Gasteiger partial charge in [-0.25, -0.2) is 13.4 Å². The van der Waals surface area contributed by atoms with Gasteiger partial charge in [-0.05, 0) is 38.0 Å². The molecule has 2 rings (SSSR count). The standard InChI is InChI=1S/C20H27N3O2S/c1-3-21-20(23-16-18-12-10-17(2)11-13-18)22-14-7-15-26(24,25)19-8-5-4-6-9-19/h4-6,8-13H,3,7,14-16H2,1-2H3,(H2,21,22,23). The van der Waals surface area contributed by atoms with Crippen LogP contribution in [0.1, 0.15) is 24.5 Å². The minimum absolute atomic E-state index is 0.112. The van der Waals surface area contributed by atoms with Gasteiger partial charge in [0.25, 0.3) is 0 Å². The number of benzene rings is 2. The molecule has 0 unspecified atom stereocenters. The predicted octanol–water partition coefficient (Wildman–Crippen LogP) is 2.91. The first-order chi connectivity index (χ1) is 12.5. The number of rotatable bonds is 8. The third kappa shape index (κ3) is 6.52. The van der Waals surface area contributed by atoms with Crippen LogP contribution in [0.2, 0.25) is 0 Å². The van der Waals surface area contributed by atoms with Crippen molar-refractivity contribution in [1.82, 2.24) is 10.6 Å². The fourth-order valence-corrected chi connectivity index (χ4v) is 3.75. The summed E-state index contributed by atoms with van der Waals surface area (Å²) in [5.74, 6) is 0.812. The van der Waals surface area contributed by atoms with Crippen LogP contribution >= 0.6 is 0 Å². The van der Waals surface area contributed by atoms with Crippen LogP contribution in [-0.2, 0) is 16.4 Å². The number of sulfone groups is 1. The SMILES string of the molecule is CCNC(=NCc1ccc(C)cc1)NCCCS(=O)(=O)c1ccccc1. The van der Waals surface area contributed by atoms with Crippen molar-refractivity contribution >= 4 is 15.8 Å². The zero-order valence-corrected chi connectivity index (χ0v) is 16.2. The van der Waals surface area contributed by atoms with Crippen molar-refractivity contribution in [3.63, 3.8) is 0 Å². The number of aliphatic imine (C=N–C) groups is 1. The lowest BCUT2D eigenvalue weighted by Crippen LogP contribution is -2.38. The van der Waals surface area contributed by atoms with Crippen LogP contribution in [0.5, 0.6) is 0 Å². The topological polar surface area (TPSA) is 70.6 Å². The predicted molar refractivity (Wildman–Crippen MR) is 107 cm³/mol. The maximum atomic E-state index is 12.3. The van der Waals surface area contributed by atoms with Crippen molar-refractivity contribution in [2.24, 2.45) is 4.99 Å². The van der Waals surface area contributed by atoms with Crippen LogP contribution in [0.4, 0.5) is 0 Å². The zero-order valence-electron chi connectivity index (χ0n) is 15.4. The Morgan fingerprint density at radius 1 is 1.00 bits per heavy atom. The number of nitrogens with one attached hydrogen (secondary N) is 2. The van der Waals surface area contributed by atoms with Gasteiger partial charge in [0.15, 0.2) is 15.8 Å². The van der Waals surface area contributed by atoms with E-state index in [0.29, 0.717) is 30.4 Å². The number of nitrogens with zero attached hydrogens (tertiary/aromatic N) is 1. The molecule has 26 heavy (non-hydrogen) atoms. The molecule has 6 heteroatoms. The van der Waals surface area contributed by atoms with Crippen molar-refractivity contribution in [2.45, 2.75) is 31.7 Å². The van der Waals surface area contributed by atoms with Crippen molar-refractivity contribution in [1.29, 1.82) is 0 Å². The molecule has 0 aliphatic rings. The Labute approximate surface area is 156 Å². The maximum absolute atomic E-state index is 12.3. The van der Waals surface area contributed by atoms with Crippen molar-refractivity contribution < 1.29 is 8.42 Å². The van der Waals surface area contributed by atoms with Gasteiger partial charge >= 0.3 is 0 Å². The Balaban J connectivity index is 1.84. The Kier molecular flexibility index (Phi) is 7.66. The molecule has 0 saturated heterocycles. The zero-order chi connectivity index (χ0) is 18.8. The van der Waals surface area contributed by atoms with Crippen LogP contribution < -0.4 is 10.6 Å². The largest absolute Gasteiger partial charge is 0.357 e. The average molecular weight is 374 g/mol. The summed E-state index contributed by atoms with van der Waals surface area (Å²) in [6.07, 6.45) is 0.520. The molecule has 0 aliphatic carbocycles. The molecular weight excluding hydrogens is 346 g/mol. The molecule has 0 atom stereocenters. The molecule has 0 saturated carbocycles. The molecule has 0 radical (unpaired) electrons. The molecule has 5 nitrogen and oxygen atoms in total. The van der Waals surface area contributed by atoms with E-state index in [2.05, 4.69) is 46.8 Å². The second-order valence-corrected chi connectivity index (χ2v) is 8.20. The third-order valence-corrected chi connectivity index (χ3v) is 5.69. The molecular formula is C20H27N3O2S. The van der Waals surface area contributed by atoms with Crippen LogP contribution in [-0.4, -0.2) is 33.2 Å². The van der Waals surface area contributed by atoms with Gasteiger partial charge in [-0.3, -0.25) is 0 Å². The highest BCUT2D eigenvalue weighted by atomic mass is 32.2. The number of guanidine groups is 1. The lowest BCUT2D eigenvalue weighted by Gasteiger charge is -2.11. The Bertz CT molecular complexity index is 801. The van der Waals surface area contributed by atoms with Crippen LogP contribution in [0.15, 0.2) is 64.5 Å². The molecule has 2 N–H and O–H groups in total. The van der Waals surface area contributed by atoms with E-state index >= 15 is 0 Å². The Hall–Kier alpha value is -2.34. The first-order valence-electron chi connectivity index (χ1n) is 8.87. The molecule has 0 spiro atoms. The number of hydrogen-bond acceptors (Lipinski definition) is 3. The Morgan fingerprint density at radius 3 is 2.35 bits per heavy atom. The summed E-state index contributed by atoms with van der Waals surface area (Å²) >= 11 is 0. The smallest absolute Gasteiger partial charge is 0.191 e. The molecule has 0 aliphatic heterocycles. The van der Waals surface area contributed by atoms with E-state index in [1.165, 1.54) is 5.56 Å². The lowest BCUT2D eigenvalue weighted by atomic mass is 10.1. The highest BCUT2D eigenvalue weighted by molar-refractivity contribution is 7.91. The molecule has 0 fully saturated rings. The van der Waals surface area contributed by atoms with Crippen LogP contribution in [0, 0.1) is 6.92 Å². The highest BCUT2D eigenvalue weighted by Gasteiger charge is 2.13. The van der Waals surface area contributed by atoms with Gasteiger partial charge < -0.3 is 10.6 Å². The molecule has 0 heterocycles. The lowest BCUT2D eigenvalue weighted by molar-refractivity contribution is 0.592. The number of hydrogen-bond donors (Lipinski definition) is 2. The van der Waals surface area contributed by atoms with E-state index in [9.17, 15) is 8.42 Å². The maximum Gasteiger partial charge on any atom is 0.191 e. The molecule has 2 aromatic carbocycles. The normalized spacial score (nSPS) is 12.0. The second-order valence-electron chi connectivity index (χ2n) is 6.09. The molecule has 0 amide bonds.